The molecule has 0 saturated heterocycles. The normalized spacial score (nSPS) is 11.0. The molecule has 2 aromatic heterocycles. The van der Waals surface area contributed by atoms with Gasteiger partial charge >= 0.3 is 0 Å². The molecule has 0 aliphatic rings. The van der Waals surface area contributed by atoms with Crippen molar-refractivity contribution in [1.29, 1.82) is 0 Å². The number of furan rings is 1. The molecule has 0 bridgehead atoms. The number of nitrogens with two attached hydrogens (primary N) is 1. The number of pyridine rings is 1. The third kappa shape index (κ3) is 4.48. The van der Waals surface area contributed by atoms with Gasteiger partial charge in [-0.15, -0.1) is 0 Å². The average molecular weight is 455 g/mol. The fourth-order valence-electron chi connectivity index (χ4n) is 2.24. The topological polar surface area (TPSA) is 137 Å². The van der Waals surface area contributed by atoms with Crippen LogP contribution in [0.4, 0.5) is 11.4 Å². The van der Waals surface area contributed by atoms with E-state index in [1.165, 1.54) is 18.3 Å². The molecule has 3 N–H and O–H groups in total. The van der Waals surface area contributed by atoms with E-state index < -0.39 is 10.8 Å². The van der Waals surface area contributed by atoms with Gasteiger partial charge in [-0.2, -0.15) is 5.10 Å². The van der Waals surface area contributed by atoms with Gasteiger partial charge in [0.05, 0.1) is 21.8 Å². The molecule has 29 heavy (non-hydrogen) atoms. The Labute approximate surface area is 178 Å². The van der Waals surface area contributed by atoms with Crippen LogP contribution in [0.2, 0.25) is 15.2 Å². The summed E-state index contributed by atoms with van der Waals surface area (Å²) in [5, 5.41) is 14.2. The maximum absolute atomic E-state index is 12.2. The lowest BCUT2D eigenvalue weighted by atomic mass is 10.1. The number of halogens is 3. The van der Waals surface area contributed by atoms with Crippen LogP contribution in [-0.4, -0.2) is 22.0 Å². The van der Waals surface area contributed by atoms with Crippen LogP contribution in [0.1, 0.15) is 16.2 Å². The van der Waals surface area contributed by atoms with E-state index in [2.05, 4.69) is 15.5 Å². The van der Waals surface area contributed by atoms with Crippen LogP contribution in [-0.2, 0) is 0 Å². The highest BCUT2D eigenvalue weighted by Gasteiger charge is 2.19. The molecule has 0 radical (unpaired) electrons. The minimum Gasteiger partial charge on any atom is -0.455 e. The van der Waals surface area contributed by atoms with Crippen molar-refractivity contribution in [2.24, 2.45) is 5.10 Å². The Hall–Kier alpha value is -3.14. The summed E-state index contributed by atoms with van der Waals surface area (Å²) in [5.74, 6) is -0.0788. The number of non-ortho nitro benzene ring substituents is 1. The second-order valence-corrected chi connectivity index (χ2v) is 6.62. The highest BCUT2D eigenvalue weighted by molar-refractivity contribution is 6.46. The van der Waals surface area contributed by atoms with E-state index >= 15 is 0 Å². The van der Waals surface area contributed by atoms with E-state index in [0.29, 0.717) is 17.1 Å². The molecule has 3 aromatic rings. The van der Waals surface area contributed by atoms with Crippen LogP contribution < -0.4 is 11.2 Å². The number of hydrogen-bond acceptors (Lipinski definition) is 7. The van der Waals surface area contributed by atoms with Gasteiger partial charge in [0.1, 0.15) is 16.5 Å². The Morgan fingerprint density at radius 1 is 1.24 bits per heavy atom. The summed E-state index contributed by atoms with van der Waals surface area (Å²) in [7, 11) is 0. The first-order chi connectivity index (χ1) is 13.8. The largest absolute Gasteiger partial charge is 0.455 e. The molecule has 0 spiro atoms. The van der Waals surface area contributed by atoms with Gasteiger partial charge in [0.25, 0.3) is 11.6 Å². The van der Waals surface area contributed by atoms with Crippen molar-refractivity contribution < 1.29 is 14.1 Å². The summed E-state index contributed by atoms with van der Waals surface area (Å²) in [4.78, 5) is 26.3. The van der Waals surface area contributed by atoms with E-state index in [4.69, 9.17) is 45.0 Å². The summed E-state index contributed by atoms with van der Waals surface area (Å²) in [6, 6.07) is 9.15. The van der Waals surface area contributed by atoms with Crippen molar-refractivity contribution in [1.82, 2.24) is 10.4 Å². The molecule has 0 aliphatic carbocycles. The molecule has 0 unspecified atom stereocenters. The number of rotatable bonds is 5. The third-order valence-electron chi connectivity index (χ3n) is 3.61. The van der Waals surface area contributed by atoms with Gasteiger partial charge in [-0.3, -0.25) is 14.9 Å². The zero-order valence-corrected chi connectivity index (χ0v) is 16.5. The van der Waals surface area contributed by atoms with Crippen molar-refractivity contribution in [3.05, 3.63) is 73.2 Å². The number of nitro benzene ring substituents is 1. The number of nitrogen functional groups attached to an aromatic ring is 1. The van der Waals surface area contributed by atoms with Crippen LogP contribution in [0, 0.1) is 10.1 Å². The molecular weight excluding hydrogens is 445 g/mol. The van der Waals surface area contributed by atoms with Gasteiger partial charge in [0.2, 0.25) is 0 Å². The van der Waals surface area contributed by atoms with Crippen LogP contribution >= 0.6 is 34.8 Å². The zero-order chi connectivity index (χ0) is 21.1. The first-order valence-corrected chi connectivity index (χ1v) is 8.89. The highest BCUT2D eigenvalue weighted by Crippen LogP contribution is 2.34. The maximum Gasteiger partial charge on any atom is 0.291 e. The van der Waals surface area contributed by atoms with Crippen LogP contribution in [0.15, 0.2) is 45.9 Å². The predicted octanol–water partition coefficient (Wildman–Crippen LogP) is 4.56. The third-order valence-corrected chi connectivity index (χ3v) is 4.75. The number of nitrogens with zero attached hydrogens (tertiary/aromatic N) is 3. The summed E-state index contributed by atoms with van der Waals surface area (Å²) >= 11 is 17.6. The molecule has 0 atom stereocenters. The number of nitrogens with one attached hydrogen (secondary N) is 1. The minimum absolute atomic E-state index is 0.0546. The number of amides is 1. The minimum atomic E-state index is -0.762. The monoisotopic (exact) mass is 453 g/mol. The molecule has 1 aromatic carbocycles. The molecular formula is C17H10Cl3N5O4. The molecule has 3 rings (SSSR count). The van der Waals surface area contributed by atoms with Crippen LogP contribution in [0.3, 0.4) is 0 Å². The van der Waals surface area contributed by atoms with Crippen LogP contribution in [0.5, 0.6) is 0 Å². The molecule has 12 heteroatoms. The van der Waals surface area contributed by atoms with Gasteiger partial charge in [-0.05, 0) is 12.1 Å². The number of carbonyl (C=O) groups is 1. The average Bonchev–Trinajstić information content (AvgIpc) is 3.18. The Kier molecular flexibility index (Phi) is 6.02. The highest BCUT2D eigenvalue weighted by atomic mass is 35.5. The number of benzene rings is 1. The molecule has 148 valence electrons. The van der Waals surface area contributed by atoms with Crippen molar-refractivity contribution >= 4 is 58.3 Å². The first-order valence-electron chi connectivity index (χ1n) is 7.76. The molecule has 9 nitrogen and oxygen atoms in total. The summed E-state index contributed by atoms with van der Waals surface area (Å²) < 4.78 is 5.55. The van der Waals surface area contributed by atoms with E-state index in [9.17, 15) is 14.9 Å². The number of nitro groups is 1. The lowest BCUT2D eigenvalue weighted by Crippen LogP contribution is -2.20. The number of hydrogen-bond donors (Lipinski definition) is 2. The van der Waals surface area contributed by atoms with Crippen LogP contribution in [0.25, 0.3) is 11.3 Å². The maximum atomic E-state index is 12.2. The van der Waals surface area contributed by atoms with Gasteiger partial charge in [-0.25, -0.2) is 10.4 Å². The van der Waals surface area contributed by atoms with E-state index in [1.807, 2.05) is 0 Å². The zero-order valence-electron chi connectivity index (χ0n) is 14.2. The summed E-state index contributed by atoms with van der Waals surface area (Å²) in [5.41, 5.74) is 8.01. The Bertz CT molecular complexity index is 1150. The molecule has 0 saturated carbocycles. The quantitative estimate of drug-likeness (QED) is 0.251. The van der Waals surface area contributed by atoms with Crippen molar-refractivity contribution in [3.8, 4) is 11.3 Å². The fourth-order valence-corrected chi connectivity index (χ4v) is 2.83. The summed E-state index contributed by atoms with van der Waals surface area (Å²) in [6.07, 6.45) is 1.23. The smallest absolute Gasteiger partial charge is 0.291 e. The summed E-state index contributed by atoms with van der Waals surface area (Å²) in [6.45, 7) is 0. The van der Waals surface area contributed by atoms with Crippen molar-refractivity contribution in [2.75, 3.05) is 5.73 Å². The lowest BCUT2D eigenvalue weighted by Gasteiger charge is -2.07. The predicted molar refractivity (Wildman–Crippen MR) is 110 cm³/mol. The standard InChI is InChI=1S/C17H10Cl3N5O4/c18-12-14(21)13(19)16(20)23-15(12)17(26)24-22-7-10-4-5-11(29-10)8-2-1-3-9(6-8)25(27)28/h1-7H,(H2,21,23)(H,24,26)/b22-7+. The number of aromatic nitrogens is 1. The molecule has 1 amide bonds. The second-order valence-electron chi connectivity index (χ2n) is 5.50. The Morgan fingerprint density at radius 2 is 2.00 bits per heavy atom. The number of hydrazone groups is 1. The first kappa shape index (κ1) is 20.6. The lowest BCUT2D eigenvalue weighted by molar-refractivity contribution is -0.384. The molecule has 0 fully saturated rings. The van der Waals surface area contributed by atoms with Gasteiger partial charge in [0, 0.05) is 17.7 Å². The van der Waals surface area contributed by atoms with Gasteiger partial charge in [-0.1, -0.05) is 46.9 Å². The van der Waals surface area contributed by atoms with Crippen molar-refractivity contribution in [3.63, 3.8) is 0 Å². The van der Waals surface area contributed by atoms with E-state index in [-0.39, 0.29) is 32.3 Å². The van der Waals surface area contributed by atoms with E-state index in [1.54, 1.807) is 24.3 Å². The SMILES string of the molecule is Nc1c(Cl)c(Cl)nc(C(=O)N/N=C/c2ccc(-c3cccc([N+](=O)[O-])c3)o2)c1Cl. The van der Waals surface area contributed by atoms with E-state index in [0.717, 1.165) is 0 Å². The number of carbonyl (C=O) groups excluding carboxylic acids is 1. The van der Waals surface area contributed by atoms with Crippen molar-refractivity contribution in [2.45, 2.75) is 0 Å². The number of anilines is 1. The fraction of sp³-hybridized carbons (Fsp3) is 0. The second kappa shape index (κ2) is 8.48. The molecule has 0 aliphatic heterocycles. The van der Waals surface area contributed by atoms with Gasteiger partial charge in [0.15, 0.2) is 10.8 Å². The molecule has 2 heterocycles. The Morgan fingerprint density at radius 3 is 2.72 bits per heavy atom. The Balaban J connectivity index is 1.73. The van der Waals surface area contributed by atoms with Gasteiger partial charge < -0.3 is 10.2 Å².